The molecule has 4 heteroatoms. The fraction of sp³-hybridized carbons (Fsp3) is 0.400. The highest BCUT2D eigenvalue weighted by Gasteiger charge is 2.03. The molecule has 0 unspecified atom stereocenters. The lowest BCUT2D eigenvalue weighted by molar-refractivity contribution is 0.124. The molecule has 0 bridgehead atoms. The van der Waals surface area contributed by atoms with Crippen molar-refractivity contribution in [1.29, 1.82) is 0 Å². The van der Waals surface area contributed by atoms with Crippen LogP contribution < -0.4 is 5.73 Å². The molecule has 102 valence electrons. The van der Waals surface area contributed by atoms with Crippen molar-refractivity contribution in [3.63, 3.8) is 0 Å². The summed E-state index contributed by atoms with van der Waals surface area (Å²) in [4.78, 5) is 0.439. The maximum atomic E-state index is 5.68. The van der Waals surface area contributed by atoms with Crippen molar-refractivity contribution in [2.45, 2.75) is 26.3 Å². The summed E-state index contributed by atoms with van der Waals surface area (Å²) in [5, 5.41) is 1.20. The van der Waals surface area contributed by atoms with Crippen LogP contribution >= 0.6 is 12.2 Å². The molecule has 0 saturated carbocycles. The van der Waals surface area contributed by atoms with Crippen LogP contribution in [0, 0.1) is 0 Å². The normalized spacial score (nSPS) is 11.0. The average Bonchev–Trinajstić information content (AvgIpc) is 2.81. The van der Waals surface area contributed by atoms with E-state index in [0.29, 0.717) is 4.99 Å². The quantitative estimate of drug-likeness (QED) is 0.624. The Bertz CT molecular complexity index is 562. The van der Waals surface area contributed by atoms with Crippen molar-refractivity contribution in [1.82, 2.24) is 4.57 Å². The summed E-state index contributed by atoms with van der Waals surface area (Å²) in [5.41, 5.74) is 7.74. The monoisotopic (exact) mass is 276 g/mol. The van der Waals surface area contributed by atoms with Crippen molar-refractivity contribution < 1.29 is 4.74 Å². The minimum absolute atomic E-state index is 0.439. The van der Waals surface area contributed by atoms with Crippen molar-refractivity contribution in [2.24, 2.45) is 5.73 Å². The lowest BCUT2D eigenvalue weighted by atomic mass is 10.1. The van der Waals surface area contributed by atoms with Crippen LogP contribution in [0.25, 0.3) is 10.9 Å². The van der Waals surface area contributed by atoms with E-state index in [2.05, 4.69) is 29.8 Å². The number of fused-ring (bicyclic) bond motifs is 1. The molecule has 0 amide bonds. The number of nitrogens with zero attached hydrogens (tertiary/aromatic N) is 1. The van der Waals surface area contributed by atoms with Gasteiger partial charge in [-0.05, 0) is 23.9 Å². The SMILES string of the molecule is CCCCOCCn1ccc2ccc(C(N)=S)cc21. The summed E-state index contributed by atoms with van der Waals surface area (Å²) >= 11 is 5.02. The lowest BCUT2D eigenvalue weighted by Gasteiger charge is -2.07. The predicted octanol–water partition coefficient (Wildman–Crippen LogP) is 3.09. The molecule has 0 spiro atoms. The molecule has 0 atom stereocenters. The second kappa shape index (κ2) is 6.68. The Morgan fingerprint density at radius 3 is 2.89 bits per heavy atom. The summed E-state index contributed by atoms with van der Waals surface area (Å²) in [6, 6.07) is 8.17. The van der Waals surface area contributed by atoms with E-state index in [1.54, 1.807) is 0 Å². The van der Waals surface area contributed by atoms with E-state index in [0.717, 1.165) is 37.3 Å². The van der Waals surface area contributed by atoms with Gasteiger partial charge in [0.2, 0.25) is 0 Å². The molecule has 0 aliphatic rings. The van der Waals surface area contributed by atoms with Crippen LogP contribution in [0.2, 0.25) is 0 Å². The number of nitrogens with two attached hydrogens (primary N) is 1. The van der Waals surface area contributed by atoms with E-state index in [-0.39, 0.29) is 0 Å². The summed E-state index contributed by atoms with van der Waals surface area (Å²) < 4.78 is 7.79. The van der Waals surface area contributed by atoms with Crippen LogP contribution in [0.1, 0.15) is 25.3 Å². The molecule has 2 rings (SSSR count). The number of unbranched alkanes of at least 4 members (excludes halogenated alkanes) is 1. The van der Waals surface area contributed by atoms with Crippen LogP contribution in [-0.4, -0.2) is 22.8 Å². The Morgan fingerprint density at radius 1 is 1.32 bits per heavy atom. The molecule has 3 nitrogen and oxygen atoms in total. The molecule has 19 heavy (non-hydrogen) atoms. The molecule has 0 fully saturated rings. The molecule has 1 heterocycles. The largest absolute Gasteiger partial charge is 0.389 e. The summed E-state index contributed by atoms with van der Waals surface area (Å²) in [6.07, 6.45) is 4.37. The first kappa shape index (κ1) is 14.0. The van der Waals surface area contributed by atoms with Crippen molar-refractivity contribution in [3.8, 4) is 0 Å². The molecule has 0 aliphatic heterocycles. The Kier molecular flexibility index (Phi) is 4.93. The third kappa shape index (κ3) is 3.55. The maximum absolute atomic E-state index is 5.68. The number of aromatic nitrogens is 1. The van der Waals surface area contributed by atoms with E-state index in [1.165, 1.54) is 11.8 Å². The third-order valence-corrected chi connectivity index (χ3v) is 3.41. The van der Waals surface area contributed by atoms with E-state index in [9.17, 15) is 0 Å². The molecule has 1 aromatic carbocycles. The van der Waals surface area contributed by atoms with Crippen LogP contribution in [0.4, 0.5) is 0 Å². The van der Waals surface area contributed by atoms with E-state index in [1.807, 2.05) is 12.1 Å². The zero-order chi connectivity index (χ0) is 13.7. The number of rotatable bonds is 7. The fourth-order valence-corrected chi connectivity index (χ4v) is 2.17. The van der Waals surface area contributed by atoms with Gasteiger partial charge in [-0.2, -0.15) is 0 Å². The maximum Gasteiger partial charge on any atom is 0.104 e. The van der Waals surface area contributed by atoms with Crippen molar-refractivity contribution >= 4 is 28.1 Å². The van der Waals surface area contributed by atoms with Gasteiger partial charge < -0.3 is 15.0 Å². The molecular formula is C15H20N2OS. The van der Waals surface area contributed by atoms with Gasteiger partial charge in [-0.3, -0.25) is 0 Å². The summed E-state index contributed by atoms with van der Waals surface area (Å²) in [5.74, 6) is 0. The van der Waals surface area contributed by atoms with Gasteiger partial charge in [0.1, 0.15) is 4.99 Å². The molecule has 0 saturated heterocycles. The van der Waals surface area contributed by atoms with Gasteiger partial charge in [0.05, 0.1) is 6.61 Å². The van der Waals surface area contributed by atoms with Gasteiger partial charge >= 0.3 is 0 Å². The Hall–Kier alpha value is -1.39. The molecule has 0 radical (unpaired) electrons. The molecule has 2 aromatic rings. The number of thiocarbonyl (C=S) groups is 1. The standard InChI is InChI=1S/C15H20N2OS/c1-2-3-9-18-10-8-17-7-6-12-4-5-13(15(16)19)11-14(12)17/h4-7,11H,2-3,8-10H2,1H3,(H2,16,19). The zero-order valence-corrected chi connectivity index (χ0v) is 12.1. The molecule has 0 aliphatic carbocycles. The summed E-state index contributed by atoms with van der Waals surface area (Å²) in [6.45, 7) is 4.60. The third-order valence-electron chi connectivity index (χ3n) is 3.18. The Labute approximate surface area is 119 Å². The lowest BCUT2D eigenvalue weighted by Crippen LogP contribution is -2.10. The van der Waals surface area contributed by atoms with E-state index in [4.69, 9.17) is 22.7 Å². The number of hydrogen-bond donors (Lipinski definition) is 1. The van der Waals surface area contributed by atoms with Gasteiger partial charge in [0.25, 0.3) is 0 Å². The fourth-order valence-electron chi connectivity index (χ4n) is 2.04. The van der Waals surface area contributed by atoms with Crippen molar-refractivity contribution in [2.75, 3.05) is 13.2 Å². The topological polar surface area (TPSA) is 40.2 Å². The first-order chi connectivity index (χ1) is 9.22. The minimum atomic E-state index is 0.439. The highest BCUT2D eigenvalue weighted by Crippen LogP contribution is 2.17. The highest BCUT2D eigenvalue weighted by molar-refractivity contribution is 7.80. The van der Waals surface area contributed by atoms with Crippen molar-refractivity contribution in [3.05, 3.63) is 36.0 Å². The van der Waals surface area contributed by atoms with E-state index < -0.39 is 0 Å². The minimum Gasteiger partial charge on any atom is -0.389 e. The van der Waals surface area contributed by atoms with Crippen LogP contribution in [0.15, 0.2) is 30.5 Å². The Balaban J connectivity index is 2.06. The Morgan fingerprint density at radius 2 is 2.16 bits per heavy atom. The molecule has 1 aromatic heterocycles. The second-order valence-corrected chi connectivity index (χ2v) is 5.05. The van der Waals surface area contributed by atoms with Gasteiger partial charge in [-0.15, -0.1) is 0 Å². The highest BCUT2D eigenvalue weighted by atomic mass is 32.1. The smallest absolute Gasteiger partial charge is 0.104 e. The van der Waals surface area contributed by atoms with Gasteiger partial charge in [-0.25, -0.2) is 0 Å². The van der Waals surface area contributed by atoms with Gasteiger partial charge in [-0.1, -0.05) is 37.7 Å². The first-order valence-electron chi connectivity index (χ1n) is 6.69. The first-order valence-corrected chi connectivity index (χ1v) is 7.09. The summed E-state index contributed by atoms with van der Waals surface area (Å²) in [7, 11) is 0. The average molecular weight is 276 g/mol. The number of benzene rings is 1. The van der Waals surface area contributed by atoms with Gasteiger partial charge in [0.15, 0.2) is 0 Å². The molecular weight excluding hydrogens is 256 g/mol. The predicted molar refractivity (Wildman–Crippen MR) is 83.6 cm³/mol. The van der Waals surface area contributed by atoms with Crippen LogP contribution in [-0.2, 0) is 11.3 Å². The van der Waals surface area contributed by atoms with Crippen LogP contribution in [0.3, 0.4) is 0 Å². The van der Waals surface area contributed by atoms with E-state index >= 15 is 0 Å². The molecule has 2 N–H and O–H groups in total. The second-order valence-electron chi connectivity index (χ2n) is 4.61. The number of hydrogen-bond acceptors (Lipinski definition) is 2. The van der Waals surface area contributed by atoms with Crippen LogP contribution in [0.5, 0.6) is 0 Å². The van der Waals surface area contributed by atoms with Gasteiger partial charge in [0, 0.05) is 30.4 Å². The zero-order valence-electron chi connectivity index (χ0n) is 11.3. The number of ether oxygens (including phenoxy) is 1.